The Morgan fingerprint density at radius 3 is 1.63 bits per heavy atom. The summed E-state index contributed by atoms with van der Waals surface area (Å²) < 4.78 is 22.5. The summed E-state index contributed by atoms with van der Waals surface area (Å²) in [6, 6.07) is 4.80. The summed E-state index contributed by atoms with van der Waals surface area (Å²) in [4.78, 5) is 36.2. The van der Waals surface area contributed by atoms with Gasteiger partial charge in [0.15, 0.2) is 0 Å². The van der Waals surface area contributed by atoms with Gasteiger partial charge in [-0.3, -0.25) is 9.13 Å². The van der Waals surface area contributed by atoms with E-state index in [1.165, 1.54) is 12.1 Å². The molecule has 1 aromatic carbocycles. The van der Waals surface area contributed by atoms with Crippen molar-refractivity contribution in [1.82, 2.24) is 0 Å². The van der Waals surface area contributed by atoms with Crippen molar-refractivity contribution in [3.05, 3.63) is 34.9 Å². The first-order valence-electron chi connectivity index (χ1n) is 5.28. The maximum atomic E-state index is 11.2. The molecule has 0 unspecified atom stereocenters. The molecule has 0 bridgehead atoms. The Kier molecular flexibility index (Phi) is 4.45. The molecule has 0 saturated heterocycles. The van der Waals surface area contributed by atoms with Gasteiger partial charge in [0.2, 0.25) is 0 Å². The lowest BCUT2D eigenvalue weighted by Crippen LogP contribution is -2.31. The predicted molar refractivity (Wildman–Crippen MR) is 68.7 cm³/mol. The molecule has 0 spiro atoms. The van der Waals surface area contributed by atoms with Gasteiger partial charge in [-0.1, -0.05) is 29.3 Å². The summed E-state index contributed by atoms with van der Waals surface area (Å²) in [5.74, 6) is 0. The van der Waals surface area contributed by atoms with Crippen LogP contribution in [0.2, 0.25) is 0 Å². The fourth-order valence-electron chi connectivity index (χ4n) is 1.82. The fourth-order valence-corrected chi connectivity index (χ4v) is 3.96. The zero-order chi connectivity index (χ0) is 15.1. The largest absolute Gasteiger partial charge is 0.369 e. The highest BCUT2D eigenvalue weighted by atomic mass is 31.2. The van der Waals surface area contributed by atoms with Gasteiger partial charge >= 0.3 is 15.2 Å². The molecule has 9 heteroatoms. The third kappa shape index (κ3) is 3.52. The molecule has 0 fully saturated rings. The van der Waals surface area contributed by atoms with E-state index in [-0.39, 0.29) is 5.56 Å². The van der Waals surface area contributed by atoms with Crippen LogP contribution in [0.25, 0.3) is 0 Å². The van der Waals surface area contributed by atoms with E-state index in [9.17, 15) is 14.2 Å². The van der Waals surface area contributed by atoms with Gasteiger partial charge in [0.25, 0.3) is 5.08 Å². The van der Waals surface area contributed by atoms with Crippen LogP contribution in [-0.2, 0) is 15.6 Å². The maximum Gasteiger partial charge on any atom is 0.369 e. The molecule has 0 aliphatic carbocycles. The number of hydrogen-bond donors (Lipinski definition) is 5. The third-order valence-corrected chi connectivity index (χ3v) is 6.40. The van der Waals surface area contributed by atoms with Gasteiger partial charge in [0.1, 0.15) is 0 Å². The Morgan fingerprint density at radius 1 is 0.947 bits per heavy atom. The minimum Gasteiger partial charge on any atom is -0.367 e. The first kappa shape index (κ1) is 16.5. The molecule has 1 aromatic rings. The lowest BCUT2D eigenvalue weighted by atomic mass is 10.1. The van der Waals surface area contributed by atoms with Crippen molar-refractivity contribution in [3.8, 4) is 0 Å². The first-order valence-corrected chi connectivity index (χ1v) is 8.50. The van der Waals surface area contributed by atoms with Crippen molar-refractivity contribution < 1.29 is 33.8 Å². The zero-order valence-corrected chi connectivity index (χ0v) is 12.2. The van der Waals surface area contributed by atoms with Crippen molar-refractivity contribution in [2.45, 2.75) is 25.4 Å². The van der Waals surface area contributed by atoms with Gasteiger partial charge < -0.3 is 24.7 Å². The Labute approximate surface area is 110 Å². The van der Waals surface area contributed by atoms with E-state index < -0.39 is 26.7 Å². The summed E-state index contributed by atoms with van der Waals surface area (Å²) in [6.07, 6.45) is -0.829. The minimum atomic E-state index is -5.41. The van der Waals surface area contributed by atoms with Crippen LogP contribution in [0.4, 0.5) is 0 Å². The van der Waals surface area contributed by atoms with E-state index in [0.29, 0.717) is 0 Å². The second-order valence-electron chi connectivity index (χ2n) is 4.54. The Balaban J connectivity index is 3.31. The molecular formula is C10H16O7P2. The predicted octanol–water partition coefficient (Wildman–Crippen LogP) is 0.847. The summed E-state index contributed by atoms with van der Waals surface area (Å²) >= 11 is 0. The molecule has 5 N–H and O–H groups in total. The summed E-state index contributed by atoms with van der Waals surface area (Å²) in [6.45, 7) is 3.45. The van der Waals surface area contributed by atoms with Crippen molar-refractivity contribution in [2.75, 3.05) is 0 Å². The topological polar surface area (TPSA) is 135 Å². The molecular weight excluding hydrogens is 294 g/mol. The number of rotatable bonds is 4. The van der Waals surface area contributed by atoms with E-state index in [2.05, 4.69) is 0 Å². The van der Waals surface area contributed by atoms with Gasteiger partial charge in [-0.2, -0.15) is 0 Å². The monoisotopic (exact) mass is 310 g/mol. The molecule has 0 heterocycles. The van der Waals surface area contributed by atoms with Crippen LogP contribution < -0.4 is 0 Å². The first-order chi connectivity index (χ1) is 8.37. The highest BCUT2D eigenvalue weighted by Crippen LogP contribution is 2.68. The third-order valence-electron chi connectivity index (χ3n) is 2.66. The van der Waals surface area contributed by atoms with Crippen molar-refractivity contribution >= 4 is 15.2 Å². The zero-order valence-electron chi connectivity index (χ0n) is 10.4. The molecule has 19 heavy (non-hydrogen) atoms. The lowest BCUT2D eigenvalue weighted by Gasteiger charge is -2.29. The molecule has 0 aliphatic rings. The second-order valence-corrected chi connectivity index (χ2v) is 8.54. The summed E-state index contributed by atoms with van der Waals surface area (Å²) in [5.41, 5.74) is 1.76. The highest BCUT2D eigenvalue weighted by molar-refractivity contribution is 7.72. The van der Waals surface area contributed by atoms with Crippen molar-refractivity contribution in [2.24, 2.45) is 0 Å². The van der Waals surface area contributed by atoms with Crippen LogP contribution >= 0.6 is 15.2 Å². The van der Waals surface area contributed by atoms with E-state index >= 15 is 0 Å². The van der Waals surface area contributed by atoms with E-state index in [0.717, 1.165) is 11.1 Å². The Bertz CT molecular complexity index is 529. The summed E-state index contributed by atoms with van der Waals surface area (Å²) in [5, 5.41) is 6.39. The number of benzene rings is 1. The van der Waals surface area contributed by atoms with Crippen LogP contribution in [0.15, 0.2) is 18.2 Å². The summed E-state index contributed by atoms with van der Waals surface area (Å²) in [7, 11) is -10.8. The van der Waals surface area contributed by atoms with Crippen LogP contribution in [0, 0.1) is 13.8 Å². The molecule has 0 atom stereocenters. The number of aliphatic hydroxyl groups is 1. The normalized spacial score (nSPS) is 13.6. The van der Waals surface area contributed by atoms with Gasteiger partial charge in [-0.05, 0) is 19.4 Å². The minimum absolute atomic E-state index is 0.242. The molecule has 0 amide bonds. The van der Waals surface area contributed by atoms with E-state index in [1.807, 2.05) is 0 Å². The molecule has 0 saturated carbocycles. The molecule has 1 rings (SSSR count). The fraction of sp³-hybridized carbons (Fsp3) is 0.400. The second kappa shape index (κ2) is 5.11. The Hall–Kier alpha value is -0.520. The van der Waals surface area contributed by atoms with Gasteiger partial charge in [0.05, 0.1) is 0 Å². The van der Waals surface area contributed by atoms with Crippen molar-refractivity contribution in [1.29, 1.82) is 0 Å². The maximum absolute atomic E-state index is 11.2. The smallest absolute Gasteiger partial charge is 0.367 e. The van der Waals surface area contributed by atoms with Gasteiger partial charge in [0, 0.05) is 6.42 Å². The quantitative estimate of drug-likeness (QED) is 0.520. The molecule has 108 valence electrons. The average molecular weight is 310 g/mol. The molecule has 0 aliphatic heterocycles. The number of aryl methyl sites for hydroxylation is 2. The molecule has 0 radical (unpaired) electrons. The SMILES string of the molecule is Cc1cc(C)cc(CC(O)(P(=O)(O)O)P(=O)(O)O)c1. The molecule has 0 aromatic heterocycles. The van der Waals surface area contributed by atoms with Crippen LogP contribution in [-0.4, -0.2) is 29.8 Å². The standard InChI is InChI=1S/C10H16O7P2/c1-7-3-8(2)5-9(4-7)6-10(11,18(12,13)14)19(15,16)17/h3-5,11H,6H2,1-2H3,(H2,12,13,14)(H2,15,16,17). The van der Waals surface area contributed by atoms with Crippen LogP contribution in [0.5, 0.6) is 0 Å². The highest BCUT2D eigenvalue weighted by Gasteiger charge is 2.59. The molecule has 7 nitrogen and oxygen atoms in total. The van der Waals surface area contributed by atoms with Gasteiger partial charge in [-0.15, -0.1) is 0 Å². The van der Waals surface area contributed by atoms with Crippen LogP contribution in [0.3, 0.4) is 0 Å². The number of hydrogen-bond acceptors (Lipinski definition) is 3. The van der Waals surface area contributed by atoms with Crippen LogP contribution in [0.1, 0.15) is 16.7 Å². The lowest BCUT2D eigenvalue weighted by molar-refractivity contribution is 0.131. The van der Waals surface area contributed by atoms with E-state index in [4.69, 9.17) is 19.6 Å². The Morgan fingerprint density at radius 2 is 1.32 bits per heavy atom. The van der Waals surface area contributed by atoms with Crippen molar-refractivity contribution in [3.63, 3.8) is 0 Å². The van der Waals surface area contributed by atoms with Gasteiger partial charge in [-0.25, -0.2) is 0 Å². The van der Waals surface area contributed by atoms with E-state index in [1.54, 1.807) is 19.9 Å². The average Bonchev–Trinajstić information content (AvgIpc) is 2.11.